The third-order valence-electron chi connectivity index (χ3n) is 3.99. The van der Waals surface area contributed by atoms with Crippen molar-refractivity contribution in [1.29, 1.82) is 0 Å². The van der Waals surface area contributed by atoms with Gasteiger partial charge in [0.2, 0.25) is 0 Å². The predicted octanol–water partition coefficient (Wildman–Crippen LogP) is -4.03. The van der Waals surface area contributed by atoms with Crippen LogP contribution in [0.5, 0.6) is 0 Å². The smallest absolute Gasteiger partial charge is 1.00 e. The first-order valence-electron chi connectivity index (χ1n) is 6.31. The maximum absolute atomic E-state index is 11.4. The second-order valence-corrected chi connectivity index (χ2v) is 9.50. The molecule has 21 heavy (non-hydrogen) atoms. The van der Waals surface area contributed by atoms with E-state index in [-0.39, 0.29) is 62.0 Å². The minimum atomic E-state index is -5.34. The van der Waals surface area contributed by atoms with Crippen LogP contribution in [0.15, 0.2) is 0 Å². The monoisotopic (exact) mass is 364 g/mol. The minimum Gasteiger partial charge on any atom is -1.00 e. The van der Waals surface area contributed by atoms with Crippen LogP contribution in [0.3, 0.4) is 0 Å². The maximum Gasteiger partial charge on any atom is 1.00 e. The third-order valence-corrected chi connectivity index (χ3v) is 7.74. The van der Waals surface area contributed by atoms with Gasteiger partial charge in [0, 0.05) is 6.42 Å². The van der Waals surface area contributed by atoms with E-state index in [1.165, 1.54) is 0 Å². The molecule has 0 unspecified atom stereocenters. The van der Waals surface area contributed by atoms with Crippen molar-refractivity contribution in [2.45, 2.75) is 57.0 Å². The van der Waals surface area contributed by atoms with Crippen molar-refractivity contribution in [3.05, 3.63) is 0 Å². The van der Waals surface area contributed by atoms with Crippen LogP contribution in [0.1, 0.15) is 54.7 Å². The van der Waals surface area contributed by atoms with Crippen molar-refractivity contribution >= 4 is 15.2 Å². The van der Waals surface area contributed by atoms with Gasteiger partial charge in [-0.15, -0.1) is 0 Å². The molecule has 0 amide bonds. The van der Waals surface area contributed by atoms with E-state index in [4.69, 9.17) is 0 Å². The van der Waals surface area contributed by atoms with E-state index < -0.39 is 32.1 Å². The molecule has 1 fully saturated rings. The molecule has 7 nitrogen and oxygen atoms in total. The summed E-state index contributed by atoms with van der Waals surface area (Å²) in [4.78, 5) is 36.7. The van der Waals surface area contributed by atoms with Gasteiger partial charge in [0.15, 0.2) is 0 Å². The Morgan fingerprint density at radius 2 is 1.43 bits per heavy atom. The second-order valence-electron chi connectivity index (χ2n) is 5.50. The summed E-state index contributed by atoms with van der Waals surface area (Å²) in [6.45, 7) is 1.90. The fourth-order valence-corrected chi connectivity index (χ4v) is 5.49. The molecule has 5 N–H and O–H groups in total. The van der Waals surface area contributed by atoms with Gasteiger partial charge in [-0.3, -0.25) is 9.13 Å². The molecule has 118 valence electrons. The largest absolute Gasteiger partial charge is 1.00 e. The molecule has 11 heteroatoms. The summed E-state index contributed by atoms with van der Waals surface area (Å²) < 4.78 is 22.8. The predicted molar refractivity (Wildman–Crippen MR) is 71.7 cm³/mol. The van der Waals surface area contributed by atoms with E-state index >= 15 is 0 Å². The fraction of sp³-hybridized carbons (Fsp3) is 1.00. The second kappa shape index (κ2) is 9.10. The van der Waals surface area contributed by atoms with Crippen molar-refractivity contribution in [3.8, 4) is 0 Å². The first-order chi connectivity index (χ1) is 8.47. The molecule has 0 aromatic heterocycles. The van der Waals surface area contributed by atoms with E-state index in [0.717, 1.165) is 19.3 Å². The van der Waals surface area contributed by atoms with Crippen molar-refractivity contribution in [2.24, 2.45) is 5.41 Å². The van der Waals surface area contributed by atoms with E-state index in [0.29, 0.717) is 19.3 Å². The van der Waals surface area contributed by atoms with Gasteiger partial charge in [-0.05, 0) is 24.7 Å². The molecule has 1 saturated carbocycles. The van der Waals surface area contributed by atoms with Crippen LogP contribution in [0.2, 0.25) is 0 Å². The Morgan fingerprint density at radius 1 is 1.05 bits per heavy atom. The fourth-order valence-electron chi connectivity index (χ4n) is 3.05. The molecule has 0 atom stereocenters. The summed E-state index contributed by atoms with van der Waals surface area (Å²) in [5.74, 6) is 0. The topological polar surface area (TPSA) is 135 Å². The Bertz CT molecular complexity index is 401. The van der Waals surface area contributed by atoms with Gasteiger partial charge >= 0.3 is 74.3 Å². The SMILES string of the molecule is CCCC1(CC(O)(P(=O)(O)O)P(=O)(O)O)CCCC1.[H-].[H-].[Na+].[Na+]. The molecule has 1 aliphatic rings. The Balaban J connectivity index is -0.000000451. The van der Waals surface area contributed by atoms with Crippen LogP contribution < -0.4 is 59.1 Å². The maximum atomic E-state index is 11.4. The Morgan fingerprint density at radius 3 is 1.71 bits per heavy atom. The zero-order valence-corrected chi connectivity index (χ0v) is 18.7. The molecule has 1 aliphatic carbocycles. The van der Waals surface area contributed by atoms with Crippen molar-refractivity contribution in [1.82, 2.24) is 0 Å². The average Bonchev–Trinajstić information content (AvgIpc) is 2.63. The van der Waals surface area contributed by atoms with Crippen molar-refractivity contribution < 1.29 is 95.8 Å². The summed E-state index contributed by atoms with van der Waals surface area (Å²) in [5, 5.41) is 6.75. The van der Waals surface area contributed by atoms with Gasteiger partial charge in [0.05, 0.1) is 0 Å². The van der Waals surface area contributed by atoms with Crippen LogP contribution in [-0.2, 0) is 9.13 Å². The van der Waals surface area contributed by atoms with Crippen LogP contribution >= 0.6 is 15.2 Å². The molecule has 0 bridgehead atoms. The van der Waals surface area contributed by atoms with E-state index in [1.54, 1.807) is 0 Å². The van der Waals surface area contributed by atoms with Crippen molar-refractivity contribution in [3.63, 3.8) is 0 Å². The van der Waals surface area contributed by atoms with Gasteiger partial charge in [-0.25, -0.2) is 0 Å². The summed E-state index contributed by atoms with van der Waals surface area (Å²) in [6.07, 6.45) is 3.72. The molecule has 0 aromatic rings. The number of hydrogen-bond acceptors (Lipinski definition) is 3. The molecule has 0 saturated heterocycles. The third kappa shape index (κ3) is 5.93. The Labute approximate surface area is 172 Å². The van der Waals surface area contributed by atoms with Gasteiger partial charge in [-0.2, -0.15) is 0 Å². The van der Waals surface area contributed by atoms with E-state index in [1.807, 2.05) is 6.92 Å². The van der Waals surface area contributed by atoms with E-state index in [2.05, 4.69) is 0 Å². The zero-order chi connectivity index (χ0) is 14.9. The molecule has 0 aromatic carbocycles. The van der Waals surface area contributed by atoms with Crippen molar-refractivity contribution in [2.75, 3.05) is 0 Å². The molecule has 0 heterocycles. The molecular weight excluding hydrogens is 340 g/mol. The number of rotatable bonds is 6. The summed E-state index contributed by atoms with van der Waals surface area (Å²) in [5.41, 5.74) is -0.592. The zero-order valence-electron chi connectivity index (χ0n) is 14.9. The van der Waals surface area contributed by atoms with Gasteiger partial charge in [-0.1, -0.05) is 26.2 Å². The Kier molecular flexibility index (Phi) is 11.0. The average molecular weight is 364 g/mol. The molecule has 1 rings (SSSR count). The summed E-state index contributed by atoms with van der Waals surface area (Å²) in [7, 11) is -10.7. The number of hydrogen-bond donors (Lipinski definition) is 5. The molecule has 0 spiro atoms. The molecule has 0 radical (unpaired) electrons. The summed E-state index contributed by atoms with van der Waals surface area (Å²) >= 11 is 0. The summed E-state index contributed by atoms with van der Waals surface area (Å²) in [6, 6.07) is 0. The standard InChI is InChI=1S/C10H22O7P2.2Na.2H/c1-2-5-9(6-3-4-7-9)8-10(11,18(12,13)14)19(15,16)17;;;;/h11H,2-8H2,1H3,(H2,12,13,14)(H2,15,16,17);;;;/q;2*+1;2*-1. The Hall–Kier alpha value is 2.26. The number of aliphatic hydroxyl groups is 1. The van der Waals surface area contributed by atoms with Gasteiger partial charge < -0.3 is 27.5 Å². The van der Waals surface area contributed by atoms with Gasteiger partial charge in [0.1, 0.15) is 0 Å². The van der Waals surface area contributed by atoms with Crippen LogP contribution in [0.25, 0.3) is 0 Å². The van der Waals surface area contributed by atoms with Crippen LogP contribution in [-0.4, -0.2) is 29.8 Å². The van der Waals surface area contributed by atoms with Crippen LogP contribution in [0.4, 0.5) is 0 Å². The normalized spacial score (nSPS) is 18.8. The van der Waals surface area contributed by atoms with Crippen LogP contribution in [0, 0.1) is 5.41 Å². The molecular formula is C10H24Na2O7P2. The quantitative estimate of drug-likeness (QED) is 0.239. The van der Waals surface area contributed by atoms with E-state index in [9.17, 15) is 33.8 Å². The first kappa shape index (κ1) is 25.5. The van der Waals surface area contributed by atoms with Gasteiger partial charge in [0.25, 0.3) is 5.08 Å². The molecule has 0 aliphatic heterocycles. The minimum absolute atomic E-state index is 0. The first-order valence-corrected chi connectivity index (χ1v) is 9.54.